The Morgan fingerprint density at radius 2 is 0.778 bits per heavy atom. The number of aliphatic hydroxyl groups excluding tert-OH is 16. The summed E-state index contributed by atoms with van der Waals surface area (Å²) in [6, 6.07) is 0. The zero-order chi connectivity index (χ0) is 39.8. The summed E-state index contributed by atoms with van der Waals surface area (Å²) in [5.41, 5.74) is 0. The van der Waals surface area contributed by atoms with Crippen LogP contribution in [0.2, 0.25) is 0 Å². The van der Waals surface area contributed by atoms with Crippen LogP contribution in [0.15, 0.2) is 0 Å². The molecule has 5 rings (SSSR count). The van der Waals surface area contributed by atoms with Gasteiger partial charge in [-0.25, -0.2) is 0 Å². The highest BCUT2D eigenvalue weighted by atomic mass is 16.8. The fraction of sp³-hybridized carbons (Fsp3) is 1.00. The van der Waals surface area contributed by atoms with E-state index in [1.54, 1.807) is 0 Å². The molecule has 0 aromatic carbocycles. The van der Waals surface area contributed by atoms with Crippen molar-refractivity contribution >= 4 is 0 Å². The normalized spacial score (nSPS) is 53.3. The fourth-order valence-electron chi connectivity index (χ4n) is 6.72. The van der Waals surface area contributed by atoms with Crippen LogP contribution in [0.1, 0.15) is 0 Å². The van der Waals surface area contributed by atoms with Gasteiger partial charge < -0.3 is 124 Å². The quantitative estimate of drug-likeness (QED) is 0.0871. The molecule has 54 heavy (non-hydrogen) atoms. The van der Waals surface area contributed by atoms with E-state index in [0.29, 0.717) is 0 Å². The molecule has 0 amide bonds. The van der Waals surface area contributed by atoms with E-state index < -0.39 is 180 Å². The molecule has 5 heterocycles. The predicted octanol–water partition coefficient (Wildman–Crippen LogP) is -11.3. The third kappa shape index (κ3) is 8.85. The zero-order valence-electron chi connectivity index (χ0n) is 28.2. The molecule has 16 N–H and O–H groups in total. The molecule has 5 fully saturated rings. The molecule has 0 bridgehead atoms. The molecular weight excluding hydrogens is 748 g/mol. The van der Waals surface area contributed by atoms with Crippen LogP contribution in [0.3, 0.4) is 0 Å². The van der Waals surface area contributed by atoms with Crippen molar-refractivity contribution in [3.05, 3.63) is 0 Å². The average molecular weight is 799 g/mol. The van der Waals surface area contributed by atoms with Crippen LogP contribution < -0.4 is 0 Å². The average Bonchev–Trinajstić information content (AvgIpc) is 3.16. The number of hydrogen-bond donors (Lipinski definition) is 16. The number of aliphatic hydroxyl groups is 16. The summed E-state index contributed by atoms with van der Waals surface area (Å²) in [5, 5.41) is 166. The Hall–Kier alpha value is -1.00. The van der Waals surface area contributed by atoms with Gasteiger partial charge in [0.15, 0.2) is 31.5 Å². The second-order valence-electron chi connectivity index (χ2n) is 13.5. The van der Waals surface area contributed by atoms with Crippen molar-refractivity contribution in [2.45, 2.75) is 147 Å². The van der Waals surface area contributed by atoms with E-state index in [9.17, 15) is 81.7 Å². The SMILES string of the molecule is OC[C@H]1O[C@@H](O[C@H]2[C@H](O[C@@H]3[C@H](O)[C@@H](O)[C@H](O)O[C@@H]3CO)O[C@H](CO)[C@@H](O)[C@@H]2O[C@@H]2O[C@H](CO)[C@@H](O[C@@H]3OC[C@@H](O)[C@H](O)[C@H]3O)[C@H](O)[C@H]2O)[C@H](O)[C@@H](O)[C@@H]1O. The van der Waals surface area contributed by atoms with Gasteiger partial charge in [-0.1, -0.05) is 0 Å². The van der Waals surface area contributed by atoms with E-state index in [4.69, 9.17) is 42.6 Å². The lowest BCUT2D eigenvalue weighted by atomic mass is 9.95. The van der Waals surface area contributed by atoms with Crippen molar-refractivity contribution in [2.24, 2.45) is 0 Å². The standard InChI is InChI=1S/C29H50O25/c30-1-7-12(36)14(38)19(43)27(48-7)54-24-23(13(37)8(2-31)49-29(24)52-21-9(3-32)47-25(45)17(41)15(21)39)53-28-20(44)16(40)22(10(4-33)50-28)51-26-18(42)11(35)6(34)5-46-26/h6-45H,1-5H2/t6-,7-,8-,9-,10-,11+,12-,13-,14+,15-,16-,17-,18-,19-,20-,21+,22-,23+,24-,25-,26+,27+,28+,29+/m1/s1. The highest BCUT2D eigenvalue weighted by molar-refractivity contribution is 4.99. The molecule has 5 aliphatic heterocycles. The summed E-state index contributed by atoms with van der Waals surface area (Å²) in [7, 11) is 0. The molecular formula is C29H50O25. The lowest BCUT2D eigenvalue weighted by Gasteiger charge is -2.50. The predicted molar refractivity (Wildman–Crippen MR) is 161 cm³/mol. The minimum Gasteiger partial charge on any atom is -0.394 e. The monoisotopic (exact) mass is 798 g/mol. The smallest absolute Gasteiger partial charge is 0.187 e. The van der Waals surface area contributed by atoms with Gasteiger partial charge in [0.2, 0.25) is 0 Å². The van der Waals surface area contributed by atoms with E-state index in [1.807, 2.05) is 0 Å². The molecule has 0 saturated carbocycles. The third-order valence-electron chi connectivity index (χ3n) is 9.93. The van der Waals surface area contributed by atoms with Crippen molar-refractivity contribution in [3.63, 3.8) is 0 Å². The fourth-order valence-corrected chi connectivity index (χ4v) is 6.72. The first kappa shape index (κ1) is 44.1. The summed E-state index contributed by atoms with van der Waals surface area (Å²) >= 11 is 0. The maximum absolute atomic E-state index is 11.4. The van der Waals surface area contributed by atoms with Gasteiger partial charge >= 0.3 is 0 Å². The molecule has 24 atom stereocenters. The molecule has 25 heteroatoms. The number of rotatable bonds is 12. The Balaban J connectivity index is 1.44. The summed E-state index contributed by atoms with van der Waals surface area (Å²) in [6.45, 7) is -4.26. The van der Waals surface area contributed by atoms with Gasteiger partial charge in [-0.3, -0.25) is 0 Å². The van der Waals surface area contributed by atoms with Gasteiger partial charge in [0.25, 0.3) is 0 Å². The summed E-state index contributed by atoms with van der Waals surface area (Å²) < 4.78 is 50.1. The molecule has 0 unspecified atom stereocenters. The first-order valence-electron chi connectivity index (χ1n) is 17.0. The minimum absolute atomic E-state index is 0.500. The number of ether oxygens (including phenoxy) is 9. The summed E-state index contributed by atoms with van der Waals surface area (Å²) in [6.07, 6.45) is -44.8. The van der Waals surface area contributed by atoms with Gasteiger partial charge in [-0.05, 0) is 0 Å². The van der Waals surface area contributed by atoms with Crippen LogP contribution in [0.5, 0.6) is 0 Å². The lowest BCUT2D eigenvalue weighted by molar-refractivity contribution is -0.408. The van der Waals surface area contributed by atoms with Crippen LogP contribution >= 0.6 is 0 Å². The zero-order valence-corrected chi connectivity index (χ0v) is 28.2. The van der Waals surface area contributed by atoms with Crippen LogP contribution in [-0.2, 0) is 42.6 Å². The highest BCUT2D eigenvalue weighted by Crippen LogP contribution is 2.36. The molecule has 25 nitrogen and oxygen atoms in total. The number of hydrogen-bond acceptors (Lipinski definition) is 25. The van der Waals surface area contributed by atoms with Gasteiger partial charge in [-0.2, -0.15) is 0 Å². The van der Waals surface area contributed by atoms with Gasteiger partial charge in [0, 0.05) is 0 Å². The van der Waals surface area contributed by atoms with E-state index in [-0.39, 0.29) is 0 Å². The third-order valence-corrected chi connectivity index (χ3v) is 9.93. The molecule has 0 radical (unpaired) electrons. The Morgan fingerprint density at radius 3 is 1.37 bits per heavy atom. The van der Waals surface area contributed by atoms with Crippen molar-refractivity contribution in [1.82, 2.24) is 0 Å². The van der Waals surface area contributed by atoms with Crippen molar-refractivity contribution < 1.29 is 124 Å². The Morgan fingerprint density at radius 1 is 0.352 bits per heavy atom. The molecule has 0 spiro atoms. The Bertz CT molecular complexity index is 1150. The maximum Gasteiger partial charge on any atom is 0.187 e. The first-order chi connectivity index (χ1) is 25.6. The van der Waals surface area contributed by atoms with Crippen LogP contribution in [-0.4, -0.2) is 262 Å². The van der Waals surface area contributed by atoms with E-state index in [1.165, 1.54) is 0 Å². The van der Waals surface area contributed by atoms with Gasteiger partial charge in [0.05, 0.1) is 33.0 Å². The van der Waals surface area contributed by atoms with E-state index in [2.05, 4.69) is 0 Å². The lowest BCUT2D eigenvalue weighted by Crippen LogP contribution is -2.69. The molecule has 0 aromatic heterocycles. The van der Waals surface area contributed by atoms with Crippen molar-refractivity contribution in [3.8, 4) is 0 Å². The maximum atomic E-state index is 11.4. The molecule has 5 saturated heterocycles. The van der Waals surface area contributed by atoms with Gasteiger partial charge in [0.1, 0.15) is 116 Å². The van der Waals surface area contributed by atoms with Gasteiger partial charge in [-0.15, -0.1) is 0 Å². The van der Waals surface area contributed by atoms with Crippen molar-refractivity contribution in [1.29, 1.82) is 0 Å². The Labute approximate surface area is 305 Å². The van der Waals surface area contributed by atoms with Crippen LogP contribution in [0.25, 0.3) is 0 Å². The second-order valence-corrected chi connectivity index (χ2v) is 13.5. The van der Waals surface area contributed by atoms with Crippen LogP contribution in [0, 0.1) is 0 Å². The molecule has 5 aliphatic rings. The second kappa shape index (κ2) is 18.7. The Kier molecular flexibility index (Phi) is 15.3. The minimum atomic E-state index is -2.15. The summed E-state index contributed by atoms with van der Waals surface area (Å²) in [5.74, 6) is 0. The topological polar surface area (TPSA) is 407 Å². The first-order valence-corrected chi connectivity index (χ1v) is 17.0. The highest BCUT2D eigenvalue weighted by Gasteiger charge is 2.57. The summed E-state index contributed by atoms with van der Waals surface area (Å²) in [4.78, 5) is 0. The molecule has 0 aliphatic carbocycles. The molecule has 316 valence electrons. The largest absolute Gasteiger partial charge is 0.394 e. The van der Waals surface area contributed by atoms with Crippen molar-refractivity contribution in [2.75, 3.05) is 33.0 Å². The van der Waals surface area contributed by atoms with Crippen LogP contribution in [0.4, 0.5) is 0 Å². The van der Waals surface area contributed by atoms with E-state index in [0.717, 1.165) is 0 Å². The van der Waals surface area contributed by atoms with E-state index >= 15 is 0 Å². The molecule has 0 aromatic rings.